The standard InChI is InChI=1S/C18H18N4OS2/c1-18(2)17(19)21-14(9-25-18)15-7-13(8-24-15)11-4-3-5-12(6-11)16-22-20-10-23-16/h3-8,10,14H,9H2,1-2H3,(H2,19,21). The van der Waals surface area contributed by atoms with Gasteiger partial charge in [-0.15, -0.1) is 33.3 Å². The van der Waals surface area contributed by atoms with Crippen molar-refractivity contribution in [2.24, 2.45) is 10.7 Å². The summed E-state index contributed by atoms with van der Waals surface area (Å²) in [5, 5.41) is 9.88. The summed E-state index contributed by atoms with van der Waals surface area (Å²) in [7, 11) is 0. The van der Waals surface area contributed by atoms with Crippen LogP contribution in [0, 0.1) is 0 Å². The molecule has 1 aromatic carbocycles. The molecule has 128 valence electrons. The van der Waals surface area contributed by atoms with E-state index in [2.05, 4.69) is 47.6 Å². The molecule has 0 radical (unpaired) electrons. The number of hydrogen-bond acceptors (Lipinski definition) is 7. The first-order valence-electron chi connectivity index (χ1n) is 7.96. The summed E-state index contributed by atoms with van der Waals surface area (Å²) < 4.78 is 5.21. The lowest BCUT2D eigenvalue weighted by Gasteiger charge is -2.30. The van der Waals surface area contributed by atoms with E-state index in [1.165, 1.54) is 16.8 Å². The molecule has 7 heteroatoms. The minimum Gasteiger partial charge on any atom is -0.423 e. The van der Waals surface area contributed by atoms with Gasteiger partial charge >= 0.3 is 0 Å². The monoisotopic (exact) mass is 370 g/mol. The molecule has 4 rings (SSSR count). The van der Waals surface area contributed by atoms with Crippen LogP contribution in [0.2, 0.25) is 0 Å². The molecule has 1 unspecified atom stereocenters. The van der Waals surface area contributed by atoms with Gasteiger partial charge in [-0.1, -0.05) is 12.1 Å². The second-order valence-corrected chi connectivity index (χ2v) is 9.00. The molecular formula is C18H18N4OS2. The number of rotatable bonds is 3. The van der Waals surface area contributed by atoms with Crippen molar-refractivity contribution in [2.45, 2.75) is 24.6 Å². The van der Waals surface area contributed by atoms with Gasteiger partial charge in [0, 0.05) is 16.2 Å². The topological polar surface area (TPSA) is 77.3 Å². The molecule has 0 saturated carbocycles. The van der Waals surface area contributed by atoms with Crippen molar-refractivity contribution in [3.05, 3.63) is 47.0 Å². The Morgan fingerprint density at radius 3 is 2.80 bits per heavy atom. The number of thioether (sulfide) groups is 1. The Bertz CT molecular complexity index is 915. The van der Waals surface area contributed by atoms with Crippen LogP contribution in [0.1, 0.15) is 24.8 Å². The van der Waals surface area contributed by atoms with Gasteiger partial charge in [0.25, 0.3) is 0 Å². The van der Waals surface area contributed by atoms with Crippen molar-refractivity contribution in [2.75, 3.05) is 5.75 Å². The molecule has 1 atom stereocenters. The van der Waals surface area contributed by atoms with Crippen LogP contribution in [0.5, 0.6) is 0 Å². The van der Waals surface area contributed by atoms with Crippen LogP contribution in [0.15, 0.2) is 51.5 Å². The zero-order valence-electron chi connectivity index (χ0n) is 14.0. The Labute approximate surface area is 154 Å². The molecule has 3 heterocycles. The van der Waals surface area contributed by atoms with Gasteiger partial charge in [-0.25, -0.2) is 0 Å². The Morgan fingerprint density at radius 2 is 2.04 bits per heavy atom. The summed E-state index contributed by atoms with van der Waals surface area (Å²) in [4.78, 5) is 5.96. The summed E-state index contributed by atoms with van der Waals surface area (Å²) in [6.45, 7) is 4.24. The number of amidine groups is 1. The van der Waals surface area contributed by atoms with Gasteiger partial charge in [-0.3, -0.25) is 4.99 Å². The Balaban J connectivity index is 1.62. The number of benzene rings is 1. The summed E-state index contributed by atoms with van der Waals surface area (Å²) >= 11 is 3.59. The highest BCUT2D eigenvalue weighted by Gasteiger charge is 2.31. The third-order valence-electron chi connectivity index (χ3n) is 4.26. The van der Waals surface area contributed by atoms with Crippen molar-refractivity contribution in [1.82, 2.24) is 10.2 Å². The third-order valence-corrected chi connectivity index (χ3v) is 6.71. The van der Waals surface area contributed by atoms with Crippen molar-refractivity contribution >= 4 is 28.9 Å². The van der Waals surface area contributed by atoms with E-state index in [0.717, 1.165) is 22.7 Å². The molecule has 25 heavy (non-hydrogen) atoms. The van der Waals surface area contributed by atoms with Gasteiger partial charge < -0.3 is 10.2 Å². The number of nitrogens with zero attached hydrogens (tertiary/aromatic N) is 3. The highest BCUT2D eigenvalue weighted by Crippen LogP contribution is 2.39. The predicted molar refractivity (Wildman–Crippen MR) is 104 cm³/mol. The van der Waals surface area contributed by atoms with Gasteiger partial charge in [0.05, 0.1) is 10.8 Å². The Morgan fingerprint density at radius 1 is 1.20 bits per heavy atom. The lowest BCUT2D eigenvalue weighted by atomic mass is 10.0. The van der Waals surface area contributed by atoms with Crippen molar-refractivity contribution < 1.29 is 4.42 Å². The van der Waals surface area contributed by atoms with Crippen LogP contribution in [0.3, 0.4) is 0 Å². The fourth-order valence-corrected chi connectivity index (χ4v) is 4.77. The number of nitrogens with two attached hydrogens (primary N) is 1. The van der Waals surface area contributed by atoms with E-state index in [4.69, 9.17) is 15.1 Å². The maximum absolute atomic E-state index is 6.14. The summed E-state index contributed by atoms with van der Waals surface area (Å²) in [5.41, 5.74) is 9.35. The SMILES string of the molecule is CC1(C)SCC(c2cc(-c3cccc(-c4nnco4)c3)cs2)N=C1N. The first-order valence-corrected chi connectivity index (χ1v) is 9.82. The molecule has 1 aliphatic rings. The largest absolute Gasteiger partial charge is 0.423 e. The second kappa shape index (κ2) is 6.31. The molecule has 0 bridgehead atoms. The average molecular weight is 371 g/mol. The first-order chi connectivity index (χ1) is 12.0. The lowest BCUT2D eigenvalue weighted by molar-refractivity contribution is 0.568. The lowest BCUT2D eigenvalue weighted by Crippen LogP contribution is -2.39. The van der Waals surface area contributed by atoms with Crippen molar-refractivity contribution in [1.29, 1.82) is 0 Å². The van der Waals surface area contributed by atoms with E-state index in [-0.39, 0.29) is 10.8 Å². The average Bonchev–Trinajstić information content (AvgIpc) is 3.29. The van der Waals surface area contributed by atoms with Crippen LogP contribution in [0.25, 0.3) is 22.6 Å². The normalized spacial score (nSPS) is 19.6. The summed E-state index contributed by atoms with van der Waals surface area (Å²) in [6.07, 6.45) is 1.34. The van der Waals surface area contributed by atoms with E-state index in [1.54, 1.807) is 11.3 Å². The molecule has 2 N–H and O–H groups in total. The van der Waals surface area contributed by atoms with E-state index in [9.17, 15) is 0 Å². The highest BCUT2D eigenvalue weighted by molar-refractivity contribution is 8.01. The number of thiophene rings is 1. The van der Waals surface area contributed by atoms with Crippen molar-refractivity contribution in [3.8, 4) is 22.6 Å². The van der Waals surface area contributed by atoms with Crippen LogP contribution < -0.4 is 5.73 Å². The molecule has 0 spiro atoms. The molecule has 3 aromatic rings. The maximum Gasteiger partial charge on any atom is 0.247 e. The van der Waals surface area contributed by atoms with Crippen molar-refractivity contribution in [3.63, 3.8) is 0 Å². The van der Waals surface area contributed by atoms with Crippen LogP contribution in [-0.4, -0.2) is 26.5 Å². The summed E-state index contributed by atoms with van der Waals surface area (Å²) in [5.74, 6) is 2.21. The van der Waals surface area contributed by atoms with E-state index >= 15 is 0 Å². The minimum absolute atomic E-state index is 0.0744. The van der Waals surface area contributed by atoms with E-state index in [0.29, 0.717) is 5.89 Å². The van der Waals surface area contributed by atoms with E-state index < -0.39 is 0 Å². The molecule has 0 aliphatic carbocycles. The van der Waals surface area contributed by atoms with E-state index in [1.807, 2.05) is 23.9 Å². The molecule has 0 amide bonds. The first kappa shape index (κ1) is 16.4. The molecule has 1 aliphatic heterocycles. The third kappa shape index (κ3) is 3.21. The van der Waals surface area contributed by atoms with Gasteiger partial charge in [-0.2, -0.15) is 0 Å². The van der Waals surface area contributed by atoms with Gasteiger partial charge in [0.15, 0.2) is 0 Å². The van der Waals surface area contributed by atoms with Gasteiger partial charge in [0.2, 0.25) is 12.3 Å². The highest BCUT2D eigenvalue weighted by atomic mass is 32.2. The van der Waals surface area contributed by atoms with Crippen LogP contribution in [-0.2, 0) is 0 Å². The smallest absolute Gasteiger partial charge is 0.247 e. The fraction of sp³-hybridized carbons (Fsp3) is 0.278. The number of aliphatic imine (C=N–C) groups is 1. The number of hydrogen-bond donors (Lipinski definition) is 1. The van der Waals surface area contributed by atoms with Crippen LogP contribution >= 0.6 is 23.1 Å². The summed E-state index contributed by atoms with van der Waals surface area (Å²) in [6, 6.07) is 10.5. The second-order valence-electron chi connectivity index (χ2n) is 6.41. The fourth-order valence-electron chi connectivity index (χ4n) is 2.68. The Hall–Kier alpha value is -2.12. The van der Waals surface area contributed by atoms with Gasteiger partial charge in [0.1, 0.15) is 5.84 Å². The maximum atomic E-state index is 6.14. The molecule has 2 aromatic heterocycles. The zero-order chi connectivity index (χ0) is 17.4. The minimum atomic E-state index is -0.0744. The molecular weight excluding hydrogens is 352 g/mol. The van der Waals surface area contributed by atoms with Crippen LogP contribution in [0.4, 0.5) is 0 Å². The van der Waals surface area contributed by atoms with Gasteiger partial charge in [-0.05, 0) is 48.6 Å². The Kier molecular flexibility index (Phi) is 4.13. The molecule has 5 nitrogen and oxygen atoms in total. The molecule has 0 saturated heterocycles. The predicted octanol–water partition coefficient (Wildman–Crippen LogP) is 4.39. The zero-order valence-corrected chi connectivity index (χ0v) is 15.6. The molecule has 0 fully saturated rings. The quantitative estimate of drug-likeness (QED) is 0.740. The number of aromatic nitrogens is 2.